The van der Waals surface area contributed by atoms with Crippen molar-refractivity contribution in [2.75, 3.05) is 29.9 Å². The lowest BCUT2D eigenvalue weighted by molar-refractivity contribution is -0.122. The van der Waals surface area contributed by atoms with Gasteiger partial charge in [0.05, 0.1) is 10.6 Å². The maximum absolute atomic E-state index is 12.9. The molecule has 0 aliphatic carbocycles. The molecule has 0 radical (unpaired) electrons. The fraction of sp³-hybridized carbons (Fsp3) is 0.190. The van der Waals surface area contributed by atoms with Gasteiger partial charge in [-0.05, 0) is 47.0 Å². The van der Waals surface area contributed by atoms with E-state index in [1.165, 1.54) is 7.11 Å². The Kier molecular flexibility index (Phi) is 4.78. The number of hydrogen-bond acceptors (Lipinski definition) is 4. The third-order valence-electron chi connectivity index (χ3n) is 4.83. The topological polar surface area (TPSA) is 75.7 Å². The average molecular weight is 396 g/mol. The Balaban J connectivity index is 1.63. The SMILES string of the molecule is COCC(=O)N1CCc2ccc(NS(=O)(=O)c3ccc4ccccc4c3)cc21. The maximum Gasteiger partial charge on any atom is 0.261 e. The molecule has 28 heavy (non-hydrogen) atoms. The molecule has 7 heteroatoms. The highest BCUT2D eigenvalue weighted by Gasteiger charge is 2.25. The average Bonchev–Trinajstić information content (AvgIpc) is 3.11. The zero-order chi connectivity index (χ0) is 19.7. The number of amides is 1. The van der Waals surface area contributed by atoms with Crippen LogP contribution in [0.2, 0.25) is 0 Å². The molecule has 0 bridgehead atoms. The van der Waals surface area contributed by atoms with E-state index in [0.29, 0.717) is 12.2 Å². The molecule has 0 saturated carbocycles. The monoisotopic (exact) mass is 396 g/mol. The van der Waals surface area contributed by atoms with Crippen molar-refractivity contribution >= 4 is 38.1 Å². The van der Waals surface area contributed by atoms with Crippen LogP contribution in [0.5, 0.6) is 0 Å². The molecule has 1 amide bonds. The summed E-state index contributed by atoms with van der Waals surface area (Å²) in [5.74, 6) is -0.143. The zero-order valence-electron chi connectivity index (χ0n) is 15.4. The molecule has 1 N–H and O–H groups in total. The molecule has 0 saturated heterocycles. The number of hydrogen-bond donors (Lipinski definition) is 1. The van der Waals surface area contributed by atoms with Crippen LogP contribution in [0.25, 0.3) is 10.8 Å². The lowest BCUT2D eigenvalue weighted by atomic mass is 10.1. The molecule has 1 aliphatic rings. The number of rotatable bonds is 5. The van der Waals surface area contributed by atoms with E-state index < -0.39 is 10.0 Å². The van der Waals surface area contributed by atoms with Gasteiger partial charge in [0.25, 0.3) is 15.9 Å². The van der Waals surface area contributed by atoms with Gasteiger partial charge in [-0.3, -0.25) is 9.52 Å². The highest BCUT2D eigenvalue weighted by atomic mass is 32.2. The molecule has 0 aromatic heterocycles. The van der Waals surface area contributed by atoms with Crippen LogP contribution in [0.15, 0.2) is 65.6 Å². The molecule has 1 heterocycles. The lowest BCUT2D eigenvalue weighted by Gasteiger charge is -2.18. The predicted molar refractivity (Wildman–Crippen MR) is 109 cm³/mol. The molecule has 0 atom stereocenters. The molecule has 0 spiro atoms. The first-order chi connectivity index (χ1) is 13.5. The molecule has 1 aliphatic heterocycles. The number of carbonyl (C=O) groups is 1. The molecular formula is C21H20N2O4S. The van der Waals surface area contributed by atoms with Gasteiger partial charge in [-0.2, -0.15) is 0 Å². The van der Waals surface area contributed by atoms with E-state index in [2.05, 4.69) is 4.72 Å². The summed E-state index contributed by atoms with van der Waals surface area (Å²) in [6, 6.07) is 17.9. The standard InChI is InChI=1S/C21H20N2O4S/c1-27-14-21(24)23-11-10-16-6-8-18(13-20(16)23)22-28(25,26)19-9-7-15-4-2-3-5-17(15)12-19/h2-9,12-13,22H,10-11,14H2,1H3. The van der Waals surface area contributed by atoms with E-state index in [1.807, 2.05) is 30.3 Å². The number of methoxy groups -OCH3 is 1. The second-order valence-electron chi connectivity index (χ2n) is 6.69. The summed E-state index contributed by atoms with van der Waals surface area (Å²) in [4.78, 5) is 14.0. The summed E-state index contributed by atoms with van der Waals surface area (Å²) in [6.45, 7) is 0.560. The van der Waals surface area contributed by atoms with E-state index in [4.69, 9.17) is 4.74 Å². The highest BCUT2D eigenvalue weighted by molar-refractivity contribution is 7.92. The first kappa shape index (κ1) is 18.5. The van der Waals surface area contributed by atoms with Crippen molar-refractivity contribution in [2.45, 2.75) is 11.3 Å². The van der Waals surface area contributed by atoms with Crippen LogP contribution >= 0.6 is 0 Å². The Bertz CT molecular complexity index is 1160. The molecule has 3 aromatic carbocycles. The smallest absolute Gasteiger partial charge is 0.261 e. The lowest BCUT2D eigenvalue weighted by Crippen LogP contribution is -2.32. The van der Waals surface area contributed by atoms with E-state index >= 15 is 0 Å². The Morgan fingerprint density at radius 2 is 1.86 bits per heavy atom. The summed E-state index contributed by atoms with van der Waals surface area (Å²) < 4.78 is 33.3. The van der Waals surface area contributed by atoms with Crippen LogP contribution in [-0.2, 0) is 26.0 Å². The fourth-order valence-corrected chi connectivity index (χ4v) is 4.54. The number of nitrogens with zero attached hydrogens (tertiary/aromatic N) is 1. The van der Waals surface area contributed by atoms with Crippen molar-refractivity contribution in [3.05, 3.63) is 66.2 Å². The van der Waals surface area contributed by atoms with Crippen molar-refractivity contribution in [3.8, 4) is 0 Å². The van der Waals surface area contributed by atoms with Crippen molar-refractivity contribution < 1.29 is 17.9 Å². The molecule has 4 rings (SSSR count). The van der Waals surface area contributed by atoms with Crippen LogP contribution in [0.1, 0.15) is 5.56 Å². The number of carbonyl (C=O) groups excluding carboxylic acids is 1. The largest absolute Gasteiger partial charge is 0.375 e. The third-order valence-corrected chi connectivity index (χ3v) is 6.21. The first-order valence-electron chi connectivity index (χ1n) is 8.92. The molecule has 144 valence electrons. The van der Waals surface area contributed by atoms with E-state index in [9.17, 15) is 13.2 Å². The van der Waals surface area contributed by atoms with Gasteiger partial charge < -0.3 is 9.64 Å². The van der Waals surface area contributed by atoms with Gasteiger partial charge in [-0.15, -0.1) is 0 Å². The van der Waals surface area contributed by atoms with Crippen LogP contribution < -0.4 is 9.62 Å². The van der Waals surface area contributed by atoms with Gasteiger partial charge >= 0.3 is 0 Å². The number of anilines is 2. The zero-order valence-corrected chi connectivity index (χ0v) is 16.2. The minimum atomic E-state index is -3.75. The van der Waals surface area contributed by atoms with Crippen molar-refractivity contribution in [1.82, 2.24) is 0 Å². The second kappa shape index (κ2) is 7.26. The van der Waals surface area contributed by atoms with Gasteiger partial charge in [-0.25, -0.2) is 8.42 Å². The summed E-state index contributed by atoms with van der Waals surface area (Å²) in [5, 5.41) is 1.84. The summed E-state index contributed by atoms with van der Waals surface area (Å²) in [5.41, 5.74) is 2.16. The summed E-state index contributed by atoms with van der Waals surface area (Å²) in [7, 11) is -2.27. The fourth-order valence-electron chi connectivity index (χ4n) is 3.45. The Morgan fingerprint density at radius 1 is 1.07 bits per heavy atom. The molecule has 0 fully saturated rings. The molecule has 0 unspecified atom stereocenters. The van der Waals surface area contributed by atoms with Gasteiger partial charge in [0.2, 0.25) is 0 Å². The van der Waals surface area contributed by atoms with E-state index in [-0.39, 0.29) is 17.4 Å². The van der Waals surface area contributed by atoms with Crippen molar-refractivity contribution in [2.24, 2.45) is 0 Å². The van der Waals surface area contributed by atoms with Crippen molar-refractivity contribution in [1.29, 1.82) is 0 Å². The maximum atomic E-state index is 12.9. The van der Waals surface area contributed by atoms with Crippen LogP contribution in [-0.4, -0.2) is 34.6 Å². The number of fused-ring (bicyclic) bond motifs is 2. The quantitative estimate of drug-likeness (QED) is 0.719. The van der Waals surface area contributed by atoms with Gasteiger partial charge in [0, 0.05) is 19.3 Å². The van der Waals surface area contributed by atoms with Crippen LogP contribution in [0.3, 0.4) is 0 Å². The molecule has 3 aromatic rings. The second-order valence-corrected chi connectivity index (χ2v) is 8.37. The minimum absolute atomic E-state index is 0.00746. The number of ether oxygens (including phenoxy) is 1. The highest BCUT2D eigenvalue weighted by Crippen LogP contribution is 2.32. The van der Waals surface area contributed by atoms with Gasteiger partial charge in [-0.1, -0.05) is 36.4 Å². The van der Waals surface area contributed by atoms with Crippen molar-refractivity contribution in [3.63, 3.8) is 0 Å². The number of nitrogens with one attached hydrogen (secondary N) is 1. The number of sulfonamides is 1. The Morgan fingerprint density at radius 3 is 2.64 bits per heavy atom. The Hall–Kier alpha value is -2.90. The summed E-state index contributed by atoms with van der Waals surface area (Å²) >= 11 is 0. The minimum Gasteiger partial charge on any atom is -0.375 e. The van der Waals surface area contributed by atoms with E-state index in [0.717, 1.165) is 28.4 Å². The number of benzene rings is 3. The third kappa shape index (κ3) is 3.46. The molecule has 6 nitrogen and oxygen atoms in total. The Labute approximate surface area is 163 Å². The van der Waals surface area contributed by atoms with E-state index in [1.54, 1.807) is 35.2 Å². The van der Waals surface area contributed by atoms with Crippen LogP contribution in [0, 0.1) is 0 Å². The first-order valence-corrected chi connectivity index (χ1v) is 10.4. The van der Waals surface area contributed by atoms with Crippen LogP contribution in [0.4, 0.5) is 11.4 Å². The predicted octanol–water partition coefficient (Wildman–Crippen LogP) is 3.18. The summed E-state index contributed by atoms with van der Waals surface area (Å²) in [6.07, 6.45) is 0.739. The molecular weight excluding hydrogens is 376 g/mol. The van der Waals surface area contributed by atoms with Gasteiger partial charge in [0.1, 0.15) is 6.61 Å². The normalized spacial score (nSPS) is 13.5. The van der Waals surface area contributed by atoms with Gasteiger partial charge in [0.15, 0.2) is 0 Å².